The molecule has 3 aromatic rings. The number of likely N-dealkylation sites (tertiary alicyclic amines) is 1. The Morgan fingerprint density at radius 2 is 2.07 bits per heavy atom. The number of carboxylic acid groups (broad SMARTS) is 1. The summed E-state index contributed by atoms with van der Waals surface area (Å²) in [5.74, 6) is -1.86. The number of carbonyl (C=O) groups is 1. The Balaban J connectivity index is 1.56. The van der Waals surface area contributed by atoms with E-state index < -0.39 is 22.7 Å². The van der Waals surface area contributed by atoms with E-state index in [2.05, 4.69) is 11.0 Å². The van der Waals surface area contributed by atoms with Crippen LogP contribution in [0.3, 0.4) is 0 Å². The minimum atomic E-state index is -1.33. The Morgan fingerprint density at radius 1 is 1.25 bits per heavy atom. The van der Waals surface area contributed by atoms with Crippen LogP contribution in [0, 0.1) is 0 Å². The zero-order valence-electron chi connectivity index (χ0n) is 15.2. The largest absolute Gasteiger partial charge is 0.503 e. The highest BCUT2D eigenvalue weighted by atomic mass is 32.1. The molecule has 2 aromatic heterocycles. The van der Waals surface area contributed by atoms with Crippen LogP contribution in [-0.4, -0.2) is 43.2 Å². The fraction of sp³-hybridized carbons (Fsp3) is 0.350. The van der Waals surface area contributed by atoms with Crippen LogP contribution in [0.4, 0.5) is 0 Å². The number of nitrogens with zero attached hydrogens (tertiary/aromatic N) is 3. The number of pyridine rings is 1. The lowest BCUT2D eigenvalue weighted by Gasteiger charge is -2.35. The second-order valence-corrected chi connectivity index (χ2v) is 8.20. The van der Waals surface area contributed by atoms with Gasteiger partial charge in [-0.1, -0.05) is 18.6 Å². The molecule has 0 amide bonds. The van der Waals surface area contributed by atoms with Gasteiger partial charge in [-0.25, -0.2) is 9.78 Å². The van der Waals surface area contributed by atoms with Gasteiger partial charge in [0.25, 0.3) is 0 Å². The molecule has 0 radical (unpaired) electrons. The standard InChI is InChI=1S/C20H21N3O4S/c24-16-11-22(10-14(19(16)25)20(26)27)9-13-5-3-4-8-23(13)12-18-21-15-6-1-2-7-17(15)28-18/h1-2,6-7,10-11,13,24H,3-5,8-9,12H2,(H,26,27). The Bertz CT molecular complexity index is 1040. The van der Waals surface area contributed by atoms with Crippen molar-refractivity contribution in [1.82, 2.24) is 14.5 Å². The van der Waals surface area contributed by atoms with Gasteiger partial charge in [-0.2, -0.15) is 0 Å². The molecule has 1 saturated heterocycles. The van der Waals surface area contributed by atoms with E-state index in [0.717, 1.165) is 42.9 Å². The van der Waals surface area contributed by atoms with Crippen molar-refractivity contribution in [2.75, 3.05) is 6.54 Å². The number of aromatic nitrogens is 2. The predicted octanol–water partition coefficient (Wildman–Crippen LogP) is 2.92. The summed E-state index contributed by atoms with van der Waals surface area (Å²) in [6.07, 6.45) is 5.81. The summed E-state index contributed by atoms with van der Waals surface area (Å²) in [5.41, 5.74) is -0.250. The number of rotatable bonds is 5. The number of hydrogen-bond donors (Lipinski definition) is 2. The lowest BCUT2D eigenvalue weighted by molar-refractivity contribution is 0.0693. The van der Waals surface area contributed by atoms with Crippen LogP contribution >= 0.6 is 11.3 Å². The zero-order valence-corrected chi connectivity index (χ0v) is 16.1. The van der Waals surface area contributed by atoms with Crippen LogP contribution in [0.25, 0.3) is 10.2 Å². The van der Waals surface area contributed by atoms with Crippen molar-refractivity contribution in [2.45, 2.75) is 38.4 Å². The highest BCUT2D eigenvalue weighted by Crippen LogP contribution is 2.26. The minimum Gasteiger partial charge on any atom is -0.503 e. The molecule has 0 spiro atoms. The number of benzene rings is 1. The molecule has 1 aliphatic rings. The van der Waals surface area contributed by atoms with Crippen LogP contribution < -0.4 is 5.43 Å². The van der Waals surface area contributed by atoms with Gasteiger partial charge in [0.2, 0.25) is 5.43 Å². The highest BCUT2D eigenvalue weighted by molar-refractivity contribution is 7.18. The molecule has 0 saturated carbocycles. The average Bonchev–Trinajstić information content (AvgIpc) is 3.08. The first kappa shape index (κ1) is 18.6. The van der Waals surface area contributed by atoms with E-state index in [1.165, 1.54) is 17.1 Å². The Kier molecular flexibility index (Phi) is 5.15. The van der Waals surface area contributed by atoms with Gasteiger partial charge in [-0.05, 0) is 31.5 Å². The lowest BCUT2D eigenvalue weighted by atomic mass is 10.0. The number of piperidine rings is 1. The minimum absolute atomic E-state index is 0.185. The topological polar surface area (TPSA) is 95.7 Å². The number of aromatic carboxylic acids is 1. The molecule has 1 aromatic carbocycles. The fourth-order valence-electron chi connectivity index (χ4n) is 3.75. The molecule has 8 heteroatoms. The quantitative estimate of drug-likeness (QED) is 0.685. The monoisotopic (exact) mass is 399 g/mol. The SMILES string of the molecule is O=C(O)c1cn(CC2CCCCN2Cc2nc3ccccc3s2)cc(O)c1=O. The van der Waals surface area contributed by atoms with E-state index in [1.54, 1.807) is 15.9 Å². The van der Waals surface area contributed by atoms with Crippen molar-refractivity contribution in [2.24, 2.45) is 0 Å². The molecular weight excluding hydrogens is 378 g/mol. The Hall–Kier alpha value is -2.71. The van der Waals surface area contributed by atoms with E-state index in [1.807, 2.05) is 18.2 Å². The molecule has 28 heavy (non-hydrogen) atoms. The average molecular weight is 399 g/mol. The molecule has 0 aliphatic carbocycles. The van der Waals surface area contributed by atoms with Crippen molar-refractivity contribution >= 4 is 27.5 Å². The van der Waals surface area contributed by atoms with Gasteiger partial charge in [0.15, 0.2) is 5.75 Å². The summed E-state index contributed by atoms with van der Waals surface area (Å²) < 4.78 is 2.78. The molecule has 1 unspecified atom stereocenters. The van der Waals surface area contributed by atoms with Gasteiger partial charge in [0.05, 0.1) is 16.8 Å². The molecule has 146 valence electrons. The van der Waals surface area contributed by atoms with Crippen LogP contribution in [-0.2, 0) is 13.1 Å². The highest BCUT2D eigenvalue weighted by Gasteiger charge is 2.24. The maximum atomic E-state index is 11.8. The summed E-state index contributed by atoms with van der Waals surface area (Å²) >= 11 is 1.69. The van der Waals surface area contributed by atoms with Crippen molar-refractivity contribution < 1.29 is 15.0 Å². The maximum Gasteiger partial charge on any atom is 0.341 e. The normalized spacial score (nSPS) is 17.8. The molecule has 1 fully saturated rings. The molecule has 0 bridgehead atoms. The number of carboxylic acids is 1. The third-order valence-electron chi connectivity index (χ3n) is 5.14. The van der Waals surface area contributed by atoms with Crippen LogP contribution in [0.15, 0.2) is 41.5 Å². The number of para-hydroxylation sites is 1. The summed E-state index contributed by atoms with van der Waals surface area (Å²) in [7, 11) is 0. The third-order valence-corrected chi connectivity index (χ3v) is 6.16. The third kappa shape index (κ3) is 3.79. The summed E-state index contributed by atoms with van der Waals surface area (Å²) in [6.45, 7) is 2.19. The number of hydrogen-bond acceptors (Lipinski definition) is 6. The predicted molar refractivity (Wildman–Crippen MR) is 107 cm³/mol. The number of thiazole rings is 1. The summed E-state index contributed by atoms with van der Waals surface area (Å²) in [6, 6.07) is 8.26. The number of aromatic hydroxyl groups is 1. The summed E-state index contributed by atoms with van der Waals surface area (Å²) in [5, 5.41) is 20.1. The van der Waals surface area contributed by atoms with Crippen molar-refractivity contribution in [3.8, 4) is 5.75 Å². The van der Waals surface area contributed by atoms with Crippen LogP contribution in [0.2, 0.25) is 0 Å². The van der Waals surface area contributed by atoms with E-state index in [0.29, 0.717) is 6.54 Å². The Morgan fingerprint density at radius 3 is 2.86 bits per heavy atom. The fourth-order valence-corrected chi connectivity index (χ4v) is 4.75. The number of fused-ring (bicyclic) bond motifs is 1. The van der Waals surface area contributed by atoms with E-state index in [-0.39, 0.29) is 6.04 Å². The molecule has 4 rings (SSSR count). The zero-order chi connectivity index (χ0) is 19.7. The van der Waals surface area contributed by atoms with Crippen molar-refractivity contribution in [3.63, 3.8) is 0 Å². The van der Waals surface area contributed by atoms with Crippen molar-refractivity contribution in [3.05, 3.63) is 57.5 Å². The van der Waals surface area contributed by atoms with Gasteiger partial charge in [0, 0.05) is 25.0 Å². The van der Waals surface area contributed by atoms with Gasteiger partial charge in [-0.15, -0.1) is 11.3 Å². The molecule has 3 heterocycles. The molecular formula is C20H21N3O4S. The van der Waals surface area contributed by atoms with E-state index >= 15 is 0 Å². The van der Waals surface area contributed by atoms with Gasteiger partial charge in [0.1, 0.15) is 10.6 Å². The van der Waals surface area contributed by atoms with Crippen LogP contribution in [0.1, 0.15) is 34.6 Å². The second-order valence-electron chi connectivity index (χ2n) is 7.08. The van der Waals surface area contributed by atoms with Crippen molar-refractivity contribution in [1.29, 1.82) is 0 Å². The molecule has 1 aliphatic heterocycles. The van der Waals surface area contributed by atoms with Gasteiger partial charge in [-0.3, -0.25) is 9.69 Å². The molecule has 2 N–H and O–H groups in total. The van der Waals surface area contributed by atoms with E-state index in [4.69, 9.17) is 4.98 Å². The first-order valence-corrected chi connectivity index (χ1v) is 10.1. The maximum absolute atomic E-state index is 11.8. The Labute approximate surface area is 165 Å². The molecule has 1 atom stereocenters. The van der Waals surface area contributed by atoms with Gasteiger partial charge >= 0.3 is 5.97 Å². The summed E-state index contributed by atoms with van der Waals surface area (Å²) in [4.78, 5) is 30.1. The molecule has 7 nitrogen and oxygen atoms in total. The van der Waals surface area contributed by atoms with E-state index in [9.17, 15) is 19.8 Å². The first-order valence-electron chi connectivity index (χ1n) is 9.26. The lowest BCUT2D eigenvalue weighted by Crippen LogP contribution is -2.41. The second kappa shape index (κ2) is 7.73. The van der Waals surface area contributed by atoms with Gasteiger partial charge < -0.3 is 14.8 Å². The smallest absolute Gasteiger partial charge is 0.341 e. The van der Waals surface area contributed by atoms with Crippen LogP contribution in [0.5, 0.6) is 5.75 Å². The first-order chi connectivity index (χ1) is 13.5.